The second-order valence-corrected chi connectivity index (χ2v) is 7.35. The average Bonchev–Trinajstić information content (AvgIpc) is 3.16. The highest BCUT2D eigenvalue weighted by molar-refractivity contribution is 6.31. The standard InChI is InChI=1S/C16H25ClN4O/c1-19-5-7-21(8-6-19)12-16(3-4-16)11-18-15(22)14-9-13(17)10-20(14)2/h9-10H,3-8,11-12H2,1-2H3,(H,18,22). The van der Waals surface area contributed by atoms with Gasteiger partial charge >= 0.3 is 0 Å². The highest BCUT2D eigenvalue weighted by atomic mass is 35.5. The van der Waals surface area contributed by atoms with E-state index in [2.05, 4.69) is 22.2 Å². The van der Waals surface area contributed by atoms with E-state index in [1.165, 1.54) is 12.8 Å². The minimum atomic E-state index is -0.0287. The number of hydrogen-bond donors (Lipinski definition) is 1. The van der Waals surface area contributed by atoms with Crippen LogP contribution in [0.3, 0.4) is 0 Å². The fraction of sp³-hybridized carbons (Fsp3) is 0.688. The summed E-state index contributed by atoms with van der Waals surface area (Å²) in [6, 6.07) is 1.72. The molecule has 1 saturated carbocycles. The van der Waals surface area contributed by atoms with Crippen molar-refractivity contribution in [1.29, 1.82) is 0 Å². The minimum Gasteiger partial charge on any atom is -0.350 e. The third kappa shape index (κ3) is 3.65. The van der Waals surface area contributed by atoms with Gasteiger partial charge in [0.05, 0.1) is 5.02 Å². The van der Waals surface area contributed by atoms with Crippen molar-refractivity contribution in [1.82, 2.24) is 19.7 Å². The van der Waals surface area contributed by atoms with E-state index in [1.54, 1.807) is 16.8 Å². The Hall–Kier alpha value is -1.04. The van der Waals surface area contributed by atoms with E-state index in [0.29, 0.717) is 16.1 Å². The number of nitrogens with zero attached hydrogens (tertiary/aromatic N) is 3. The van der Waals surface area contributed by atoms with Gasteiger partial charge in [0.25, 0.3) is 5.91 Å². The summed E-state index contributed by atoms with van der Waals surface area (Å²) in [5.41, 5.74) is 0.918. The summed E-state index contributed by atoms with van der Waals surface area (Å²) in [7, 11) is 4.02. The number of carbonyl (C=O) groups is 1. The van der Waals surface area contributed by atoms with Gasteiger partial charge in [-0.1, -0.05) is 11.6 Å². The van der Waals surface area contributed by atoms with Crippen LogP contribution in [0.15, 0.2) is 12.3 Å². The van der Waals surface area contributed by atoms with Gasteiger partial charge < -0.3 is 19.7 Å². The van der Waals surface area contributed by atoms with Gasteiger partial charge in [-0.2, -0.15) is 0 Å². The Bertz CT molecular complexity index is 544. The summed E-state index contributed by atoms with van der Waals surface area (Å²) in [5.74, 6) is -0.0287. The largest absolute Gasteiger partial charge is 0.350 e. The molecule has 0 unspecified atom stereocenters. The first kappa shape index (κ1) is 15.8. The van der Waals surface area contributed by atoms with Crippen LogP contribution in [0.25, 0.3) is 0 Å². The Morgan fingerprint density at radius 2 is 1.95 bits per heavy atom. The molecular formula is C16H25ClN4O. The Morgan fingerprint density at radius 3 is 2.50 bits per heavy atom. The maximum absolute atomic E-state index is 12.3. The van der Waals surface area contributed by atoms with Crippen molar-refractivity contribution in [2.24, 2.45) is 12.5 Å². The first-order valence-corrected chi connectivity index (χ1v) is 8.36. The van der Waals surface area contributed by atoms with Crippen molar-refractivity contribution in [2.75, 3.05) is 46.3 Å². The number of amides is 1. The summed E-state index contributed by atoms with van der Waals surface area (Å²) in [4.78, 5) is 17.2. The van der Waals surface area contributed by atoms with E-state index < -0.39 is 0 Å². The molecule has 3 rings (SSSR count). The van der Waals surface area contributed by atoms with Gasteiger partial charge in [-0.3, -0.25) is 4.79 Å². The lowest BCUT2D eigenvalue weighted by Crippen LogP contribution is -2.48. The highest BCUT2D eigenvalue weighted by Gasteiger charge is 2.44. The molecule has 5 nitrogen and oxygen atoms in total. The highest BCUT2D eigenvalue weighted by Crippen LogP contribution is 2.45. The minimum absolute atomic E-state index is 0.0287. The van der Waals surface area contributed by atoms with Crippen LogP contribution in [0, 0.1) is 5.41 Å². The number of likely N-dealkylation sites (N-methyl/N-ethyl adjacent to an activating group) is 1. The van der Waals surface area contributed by atoms with Crippen molar-refractivity contribution >= 4 is 17.5 Å². The Labute approximate surface area is 137 Å². The van der Waals surface area contributed by atoms with E-state index >= 15 is 0 Å². The first-order valence-electron chi connectivity index (χ1n) is 7.98. The number of carbonyl (C=O) groups excluding carboxylic acids is 1. The van der Waals surface area contributed by atoms with Gasteiger partial charge in [-0.05, 0) is 26.0 Å². The summed E-state index contributed by atoms with van der Waals surface area (Å²) in [6.07, 6.45) is 4.19. The number of aryl methyl sites for hydroxylation is 1. The zero-order valence-electron chi connectivity index (χ0n) is 13.4. The van der Waals surface area contributed by atoms with E-state index in [0.717, 1.165) is 39.3 Å². The molecule has 1 aromatic heterocycles. The molecule has 0 spiro atoms. The zero-order chi connectivity index (χ0) is 15.7. The lowest BCUT2D eigenvalue weighted by atomic mass is 10.1. The fourth-order valence-corrected chi connectivity index (χ4v) is 3.41. The predicted molar refractivity (Wildman–Crippen MR) is 88.4 cm³/mol. The molecule has 0 bridgehead atoms. The molecule has 122 valence electrons. The lowest BCUT2D eigenvalue weighted by molar-refractivity contribution is 0.0919. The van der Waals surface area contributed by atoms with Crippen molar-refractivity contribution in [3.63, 3.8) is 0 Å². The topological polar surface area (TPSA) is 40.5 Å². The van der Waals surface area contributed by atoms with Crippen molar-refractivity contribution in [2.45, 2.75) is 12.8 Å². The second-order valence-electron chi connectivity index (χ2n) is 6.92. The number of hydrogen-bond acceptors (Lipinski definition) is 3. The van der Waals surface area contributed by atoms with Crippen molar-refractivity contribution in [3.05, 3.63) is 23.0 Å². The zero-order valence-corrected chi connectivity index (χ0v) is 14.2. The van der Waals surface area contributed by atoms with E-state index in [4.69, 9.17) is 11.6 Å². The molecule has 2 fully saturated rings. The van der Waals surface area contributed by atoms with Gasteiger partial charge in [0, 0.05) is 57.9 Å². The molecule has 22 heavy (non-hydrogen) atoms. The molecule has 2 aliphatic rings. The van der Waals surface area contributed by atoms with E-state index in [-0.39, 0.29) is 5.91 Å². The smallest absolute Gasteiger partial charge is 0.267 e. The molecule has 1 amide bonds. The number of piperazine rings is 1. The van der Waals surface area contributed by atoms with E-state index in [1.807, 2.05) is 7.05 Å². The fourth-order valence-electron chi connectivity index (χ4n) is 3.16. The first-order chi connectivity index (χ1) is 10.5. The van der Waals surface area contributed by atoms with Crippen LogP contribution in [0.5, 0.6) is 0 Å². The van der Waals surface area contributed by atoms with Crippen LogP contribution in [0.4, 0.5) is 0 Å². The van der Waals surface area contributed by atoms with E-state index in [9.17, 15) is 4.79 Å². The number of rotatable bonds is 5. The summed E-state index contributed by atoms with van der Waals surface area (Å²) < 4.78 is 1.78. The van der Waals surface area contributed by atoms with Crippen molar-refractivity contribution < 1.29 is 4.79 Å². The molecule has 0 aromatic carbocycles. The van der Waals surface area contributed by atoms with Gasteiger partial charge in [0.15, 0.2) is 0 Å². The summed E-state index contributed by atoms with van der Waals surface area (Å²) in [6.45, 7) is 6.43. The molecule has 1 saturated heterocycles. The maximum Gasteiger partial charge on any atom is 0.267 e. The van der Waals surface area contributed by atoms with Crippen LogP contribution in [-0.2, 0) is 7.05 Å². The average molecular weight is 325 g/mol. The molecule has 0 atom stereocenters. The molecule has 6 heteroatoms. The maximum atomic E-state index is 12.3. The molecule has 1 aliphatic heterocycles. The summed E-state index contributed by atoms with van der Waals surface area (Å²) >= 11 is 5.94. The molecular weight excluding hydrogens is 300 g/mol. The molecule has 0 radical (unpaired) electrons. The Kier molecular flexibility index (Phi) is 4.48. The monoisotopic (exact) mass is 324 g/mol. The SMILES string of the molecule is CN1CCN(CC2(CNC(=O)c3cc(Cl)cn3C)CC2)CC1. The Morgan fingerprint density at radius 1 is 1.27 bits per heavy atom. The van der Waals surface area contributed by atoms with Crippen LogP contribution in [-0.4, -0.2) is 66.6 Å². The molecule has 2 heterocycles. The van der Waals surface area contributed by atoms with Crippen LogP contribution >= 0.6 is 11.6 Å². The van der Waals surface area contributed by atoms with Gasteiger partial charge in [-0.25, -0.2) is 0 Å². The number of aromatic nitrogens is 1. The van der Waals surface area contributed by atoms with Crippen LogP contribution in [0.1, 0.15) is 23.3 Å². The lowest BCUT2D eigenvalue weighted by Gasteiger charge is -2.34. The van der Waals surface area contributed by atoms with Crippen LogP contribution in [0.2, 0.25) is 5.02 Å². The third-order valence-corrected chi connectivity index (χ3v) is 5.15. The number of halogens is 1. The quantitative estimate of drug-likeness (QED) is 0.891. The third-order valence-electron chi connectivity index (χ3n) is 4.94. The van der Waals surface area contributed by atoms with Crippen LogP contribution < -0.4 is 5.32 Å². The Balaban J connectivity index is 1.50. The van der Waals surface area contributed by atoms with Gasteiger partial charge in [-0.15, -0.1) is 0 Å². The molecule has 1 aromatic rings. The number of nitrogens with one attached hydrogen (secondary N) is 1. The van der Waals surface area contributed by atoms with Gasteiger partial charge in [0.2, 0.25) is 0 Å². The van der Waals surface area contributed by atoms with Gasteiger partial charge in [0.1, 0.15) is 5.69 Å². The van der Waals surface area contributed by atoms with Crippen molar-refractivity contribution in [3.8, 4) is 0 Å². The normalized spacial score (nSPS) is 21.8. The molecule has 1 N–H and O–H groups in total. The molecule has 1 aliphatic carbocycles. The predicted octanol–water partition coefficient (Wildman–Crippen LogP) is 1.44. The second kappa shape index (κ2) is 6.22. The summed E-state index contributed by atoms with van der Waals surface area (Å²) in [5, 5.41) is 3.70.